The molecular formula is C18H18Br2N2OS. The van der Waals surface area contributed by atoms with Crippen LogP contribution in [0.4, 0.5) is 5.69 Å². The molecule has 0 radical (unpaired) electrons. The van der Waals surface area contributed by atoms with Crippen LogP contribution in [-0.4, -0.2) is 29.8 Å². The van der Waals surface area contributed by atoms with Crippen LogP contribution in [0.25, 0.3) is 0 Å². The molecule has 0 amide bonds. The first kappa shape index (κ1) is 19.2. The number of ketones is 1. The molecule has 6 heteroatoms. The van der Waals surface area contributed by atoms with Crippen LogP contribution >= 0.6 is 44.7 Å². The van der Waals surface area contributed by atoms with Crippen molar-refractivity contribution in [2.75, 3.05) is 23.7 Å². The van der Waals surface area contributed by atoms with Gasteiger partial charge in [0, 0.05) is 28.0 Å². The highest BCUT2D eigenvalue weighted by Crippen LogP contribution is 2.23. The molecule has 3 nitrogen and oxygen atoms in total. The zero-order valence-corrected chi connectivity index (χ0v) is 17.1. The molecule has 2 aromatic carbocycles. The minimum absolute atomic E-state index is 0. The Morgan fingerprint density at radius 1 is 1.12 bits per heavy atom. The zero-order valence-electron chi connectivity index (χ0n) is 13.0. The Kier molecular flexibility index (Phi) is 7.52. The predicted molar refractivity (Wildman–Crippen MR) is 112 cm³/mol. The molecule has 1 aliphatic rings. The number of amidine groups is 1. The standard InChI is InChI=1S/C18H17BrN2OS.BrH/c19-15-9-7-14(8-10-15)17(22)13-21(16-5-2-1-3-6-16)18-20-11-4-12-23-18;/h1-3,5-10H,4,11-13H2;1H. The van der Waals surface area contributed by atoms with Gasteiger partial charge in [-0.1, -0.05) is 58.0 Å². The van der Waals surface area contributed by atoms with Crippen molar-refractivity contribution in [3.8, 4) is 0 Å². The molecule has 3 rings (SSSR count). The second-order valence-electron chi connectivity index (χ2n) is 5.22. The molecule has 0 aliphatic carbocycles. The molecule has 0 aromatic heterocycles. The van der Waals surface area contributed by atoms with E-state index in [1.165, 1.54) is 0 Å². The van der Waals surface area contributed by atoms with Crippen molar-refractivity contribution in [1.29, 1.82) is 0 Å². The Bertz CT molecular complexity index is 705. The van der Waals surface area contributed by atoms with Gasteiger partial charge in [0.25, 0.3) is 0 Å². The lowest BCUT2D eigenvalue weighted by atomic mass is 10.1. The van der Waals surface area contributed by atoms with Gasteiger partial charge in [-0.3, -0.25) is 9.79 Å². The highest BCUT2D eigenvalue weighted by Gasteiger charge is 2.20. The summed E-state index contributed by atoms with van der Waals surface area (Å²) in [5, 5.41) is 0.938. The number of hydrogen-bond donors (Lipinski definition) is 0. The molecule has 0 fully saturated rings. The number of carbonyl (C=O) groups is 1. The number of anilines is 1. The third kappa shape index (κ3) is 4.94. The summed E-state index contributed by atoms with van der Waals surface area (Å²) in [5.41, 5.74) is 1.72. The van der Waals surface area contributed by atoms with Crippen molar-refractivity contribution in [3.05, 3.63) is 64.6 Å². The Morgan fingerprint density at radius 2 is 1.83 bits per heavy atom. The summed E-state index contributed by atoms with van der Waals surface area (Å²) in [5.74, 6) is 1.14. The molecule has 1 aliphatic heterocycles. The summed E-state index contributed by atoms with van der Waals surface area (Å²) < 4.78 is 0.973. The number of rotatable bonds is 4. The van der Waals surface area contributed by atoms with Crippen LogP contribution in [-0.2, 0) is 0 Å². The number of benzene rings is 2. The highest BCUT2D eigenvalue weighted by molar-refractivity contribution is 9.10. The molecule has 0 spiro atoms. The maximum atomic E-state index is 12.7. The molecule has 126 valence electrons. The van der Waals surface area contributed by atoms with Gasteiger partial charge in [0.15, 0.2) is 11.0 Å². The van der Waals surface area contributed by atoms with Gasteiger partial charge in [0.05, 0.1) is 6.54 Å². The lowest BCUT2D eigenvalue weighted by Gasteiger charge is -2.27. The number of para-hydroxylation sites is 1. The average molecular weight is 470 g/mol. The molecular weight excluding hydrogens is 452 g/mol. The SMILES string of the molecule is Br.O=C(CN(C1=NCCCS1)c1ccccc1)c1ccc(Br)cc1. The van der Waals surface area contributed by atoms with E-state index in [-0.39, 0.29) is 22.8 Å². The Balaban J connectivity index is 0.00000208. The molecule has 0 saturated heterocycles. The van der Waals surface area contributed by atoms with Crippen LogP contribution < -0.4 is 4.90 Å². The van der Waals surface area contributed by atoms with Crippen molar-refractivity contribution in [3.63, 3.8) is 0 Å². The van der Waals surface area contributed by atoms with Crippen LogP contribution in [0.3, 0.4) is 0 Å². The summed E-state index contributed by atoms with van der Waals surface area (Å²) >= 11 is 5.12. The molecule has 0 atom stereocenters. The van der Waals surface area contributed by atoms with E-state index in [4.69, 9.17) is 0 Å². The zero-order chi connectivity index (χ0) is 16.1. The van der Waals surface area contributed by atoms with Crippen LogP contribution in [0.5, 0.6) is 0 Å². The van der Waals surface area contributed by atoms with Crippen LogP contribution in [0.1, 0.15) is 16.8 Å². The second kappa shape index (κ2) is 9.39. The Morgan fingerprint density at radius 3 is 2.46 bits per heavy atom. The second-order valence-corrected chi connectivity index (χ2v) is 7.20. The van der Waals surface area contributed by atoms with Gasteiger partial charge in [-0.2, -0.15) is 0 Å². The average Bonchev–Trinajstić information content (AvgIpc) is 2.61. The van der Waals surface area contributed by atoms with Gasteiger partial charge in [0.2, 0.25) is 0 Å². The summed E-state index contributed by atoms with van der Waals surface area (Å²) in [4.78, 5) is 19.3. The van der Waals surface area contributed by atoms with Crippen molar-refractivity contribution < 1.29 is 4.79 Å². The third-order valence-electron chi connectivity index (χ3n) is 3.55. The van der Waals surface area contributed by atoms with Gasteiger partial charge in [0.1, 0.15) is 0 Å². The number of nitrogens with zero attached hydrogens (tertiary/aromatic N) is 2. The van der Waals surface area contributed by atoms with Crippen LogP contribution in [0.15, 0.2) is 64.1 Å². The topological polar surface area (TPSA) is 32.7 Å². The van der Waals surface area contributed by atoms with E-state index in [1.807, 2.05) is 59.5 Å². The van der Waals surface area contributed by atoms with E-state index in [0.717, 1.165) is 39.6 Å². The molecule has 0 unspecified atom stereocenters. The number of halogens is 2. The maximum absolute atomic E-state index is 12.7. The minimum Gasteiger partial charge on any atom is -0.313 e. The van der Waals surface area contributed by atoms with Crippen molar-refractivity contribution in [2.45, 2.75) is 6.42 Å². The molecule has 0 bridgehead atoms. The van der Waals surface area contributed by atoms with Gasteiger partial charge >= 0.3 is 0 Å². The largest absolute Gasteiger partial charge is 0.313 e. The fourth-order valence-corrected chi connectivity index (χ4v) is 3.59. The van der Waals surface area contributed by atoms with Crippen LogP contribution in [0, 0.1) is 0 Å². The van der Waals surface area contributed by atoms with E-state index in [9.17, 15) is 4.79 Å². The quantitative estimate of drug-likeness (QED) is 0.576. The number of thioether (sulfide) groups is 1. The molecule has 0 saturated carbocycles. The number of aliphatic imine (C=N–C) groups is 1. The molecule has 0 N–H and O–H groups in total. The number of carbonyl (C=O) groups excluding carboxylic acids is 1. The van der Waals surface area contributed by atoms with Gasteiger partial charge in [-0.15, -0.1) is 17.0 Å². The monoisotopic (exact) mass is 468 g/mol. The summed E-state index contributed by atoms with van der Waals surface area (Å²) in [6, 6.07) is 17.5. The van der Waals surface area contributed by atoms with Crippen LogP contribution in [0.2, 0.25) is 0 Å². The minimum atomic E-state index is 0. The molecule has 1 heterocycles. The summed E-state index contributed by atoms with van der Waals surface area (Å²) in [6.07, 6.45) is 1.09. The normalized spacial score (nSPS) is 13.6. The summed E-state index contributed by atoms with van der Waals surface area (Å²) in [7, 11) is 0. The van der Waals surface area contributed by atoms with E-state index in [2.05, 4.69) is 20.9 Å². The Hall–Kier alpha value is -1.11. The summed E-state index contributed by atoms with van der Waals surface area (Å²) in [6.45, 7) is 1.13. The van der Waals surface area contributed by atoms with Gasteiger partial charge in [-0.25, -0.2) is 0 Å². The molecule has 2 aromatic rings. The first-order chi connectivity index (χ1) is 11.2. The highest BCUT2D eigenvalue weighted by atomic mass is 79.9. The van der Waals surface area contributed by atoms with Crippen molar-refractivity contribution in [1.82, 2.24) is 0 Å². The lowest BCUT2D eigenvalue weighted by Crippen LogP contribution is -2.35. The predicted octanol–water partition coefficient (Wildman–Crippen LogP) is 5.21. The van der Waals surface area contributed by atoms with Gasteiger partial charge in [-0.05, 0) is 30.7 Å². The van der Waals surface area contributed by atoms with Gasteiger partial charge < -0.3 is 4.90 Å². The lowest BCUT2D eigenvalue weighted by molar-refractivity contribution is 0.100. The fourth-order valence-electron chi connectivity index (χ4n) is 2.36. The van der Waals surface area contributed by atoms with Crippen molar-refractivity contribution >= 4 is 61.3 Å². The first-order valence-electron chi connectivity index (χ1n) is 7.52. The van der Waals surface area contributed by atoms with E-state index in [1.54, 1.807) is 11.8 Å². The van der Waals surface area contributed by atoms with E-state index >= 15 is 0 Å². The fraction of sp³-hybridized carbons (Fsp3) is 0.222. The van der Waals surface area contributed by atoms with Crippen molar-refractivity contribution in [2.24, 2.45) is 4.99 Å². The molecule has 24 heavy (non-hydrogen) atoms. The third-order valence-corrected chi connectivity index (χ3v) is 5.18. The Labute approximate surface area is 165 Å². The van der Waals surface area contributed by atoms with E-state index in [0.29, 0.717) is 6.54 Å². The van der Waals surface area contributed by atoms with E-state index < -0.39 is 0 Å². The number of Topliss-reactive ketones (excluding diaryl/α,β-unsaturated/α-hetero) is 1. The smallest absolute Gasteiger partial charge is 0.182 e. The first-order valence-corrected chi connectivity index (χ1v) is 9.30. The number of hydrogen-bond acceptors (Lipinski definition) is 4. The maximum Gasteiger partial charge on any atom is 0.182 e.